The first kappa shape index (κ1) is 14.9. The smallest absolute Gasteiger partial charge is 0.249 e. The molecule has 118 valence electrons. The van der Waals surface area contributed by atoms with Crippen LogP contribution in [-0.2, 0) is 9.59 Å². The molecule has 0 radical (unpaired) electrons. The van der Waals surface area contributed by atoms with E-state index in [0.717, 1.165) is 19.4 Å². The Hall–Kier alpha value is -1.06. The summed E-state index contributed by atoms with van der Waals surface area (Å²) in [6.07, 6.45) is 7.07. The van der Waals surface area contributed by atoms with Crippen molar-refractivity contribution in [3.63, 3.8) is 0 Å². The highest BCUT2D eigenvalue weighted by Crippen LogP contribution is 2.43. The number of carbonyl (C=O) groups is 2. The fraction of sp³-hybridized carbons (Fsp3) is 0.882. The summed E-state index contributed by atoms with van der Waals surface area (Å²) in [4.78, 5) is 27.6. The van der Waals surface area contributed by atoms with Crippen molar-refractivity contribution in [2.24, 2.45) is 17.8 Å². The van der Waals surface area contributed by atoms with Gasteiger partial charge < -0.3 is 10.2 Å². The van der Waals surface area contributed by atoms with Crippen LogP contribution in [0.2, 0.25) is 0 Å². The fourth-order valence-electron chi connectivity index (χ4n) is 4.22. The Labute approximate surface area is 127 Å². The quantitative estimate of drug-likeness (QED) is 0.864. The highest BCUT2D eigenvalue weighted by molar-refractivity contribution is 6.00. The highest BCUT2D eigenvalue weighted by atomic mass is 16.2. The van der Waals surface area contributed by atoms with Crippen molar-refractivity contribution in [2.45, 2.75) is 70.9 Å². The number of carbonyl (C=O) groups excluding carboxylic acids is 2. The Morgan fingerprint density at radius 1 is 1.19 bits per heavy atom. The molecular weight excluding hydrogens is 264 g/mol. The van der Waals surface area contributed by atoms with Crippen LogP contribution in [0.5, 0.6) is 0 Å². The monoisotopic (exact) mass is 292 g/mol. The predicted molar refractivity (Wildman–Crippen MR) is 81.6 cm³/mol. The second kappa shape index (κ2) is 5.29. The number of piperazine rings is 1. The lowest BCUT2D eigenvalue weighted by molar-refractivity contribution is -0.158. The first-order valence-electron chi connectivity index (χ1n) is 8.56. The first-order chi connectivity index (χ1) is 9.93. The molecule has 0 spiro atoms. The van der Waals surface area contributed by atoms with E-state index in [0.29, 0.717) is 11.8 Å². The van der Waals surface area contributed by atoms with Gasteiger partial charge in [0.05, 0.1) is 0 Å². The predicted octanol–water partition coefficient (Wildman–Crippen LogP) is 2.33. The van der Waals surface area contributed by atoms with E-state index in [1.165, 1.54) is 25.7 Å². The van der Waals surface area contributed by atoms with Crippen LogP contribution in [0.1, 0.15) is 59.3 Å². The zero-order chi connectivity index (χ0) is 15.2. The molecule has 3 aliphatic rings. The molecule has 0 bridgehead atoms. The summed E-state index contributed by atoms with van der Waals surface area (Å²) in [7, 11) is 0. The maximum atomic E-state index is 13.1. The lowest BCUT2D eigenvalue weighted by atomic mass is 9.86. The molecule has 0 aromatic carbocycles. The Bertz CT molecular complexity index is 438. The van der Waals surface area contributed by atoms with E-state index >= 15 is 0 Å². The second-order valence-electron chi connectivity index (χ2n) is 7.76. The molecule has 1 heterocycles. The summed E-state index contributed by atoms with van der Waals surface area (Å²) in [5.41, 5.74) is -0.652. The van der Waals surface area contributed by atoms with Crippen molar-refractivity contribution in [1.82, 2.24) is 10.2 Å². The number of hydrogen-bond donors (Lipinski definition) is 1. The molecule has 3 fully saturated rings. The van der Waals surface area contributed by atoms with Crippen LogP contribution in [0.15, 0.2) is 0 Å². The summed E-state index contributed by atoms with van der Waals surface area (Å²) < 4.78 is 0. The van der Waals surface area contributed by atoms with Gasteiger partial charge in [0.1, 0.15) is 11.6 Å². The van der Waals surface area contributed by atoms with Gasteiger partial charge in [-0.25, -0.2) is 0 Å². The maximum absolute atomic E-state index is 13.1. The van der Waals surface area contributed by atoms with Crippen LogP contribution < -0.4 is 5.32 Å². The van der Waals surface area contributed by atoms with Crippen LogP contribution >= 0.6 is 0 Å². The fourth-order valence-corrected chi connectivity index (χ4v) is 4.22. The third kappa shape index (κ3) is 2.58. The SMILES string of the molecule is CC(C)C1C(=O)NC(C)(C2CC2)C(=O)N1CC1CCCC1. The van der Waals surface area contributed by atoms with Gasteiger partial charge in [-0.1, -0.05) is 26.7 Å². The normalized spacial score (nSPS) is 34.7. The summed E-state index contributed by atoms with van der Waals surface area (Å²) in [5.74, 6) is 1.31. The van der Waals surface area contributed by atoms with Gasteiger partial charge in [-0.15, -0.1) is 0 Å². The number of nitrogens with one attached hydrogen (secondary N) is 1. The lowest BCUT2D eigenvalue weighted by Crippen LogP contribution is -2.71. The zero-order valence-corrected chi connectivity index (χ0v) is 13.5. The molecule has 4 heteroatoms. The van der Waals surface area contributed by atoms with Crippen LogP contribution in [0.3, 0.4) is 0 Å². The van der Waals surface area contributed by atoms with Crippen LogP contribution in [0, 0.1) is 17.8 Å². The molecule has 21 heavy (non-hydrogen) atoms. The van der Waals surface area contributed by atoms with E-state index in [1.54, 1.807) is 0 Å². The molecule has 1 saturated heterocycles. The van der Waals surface area contributed by atoms with Crippen molar-refractivity contribution in [3.8, 4) is 0 Å². The third-order valence-corrected chi connectivity index (χ3v) is 5.65. The molecule has 3 rings (SSSR count). The molecule has 1 N–H and O–H groups in total. The van der Waals surface area contributed by atoms with Crippen molar-refractivity contribution < 1.29 is 9.59 Å². The Morgan fingerprint density at radius 2 is 1.81 bits per heavy atom. The summed E-state index contributed by atoms with van der Waals surface area (Å²) >= 11 is 0. The average molecular weight is 292 g/mol. The van der Waals surface area contributed by atoms with Gasteiger partial charge in [-0.3, -0.25) is 9.59 Å². The van der Waals surface area contributed by atoms with E-state index in [-0.39, 0.29) is 23.8 Å². The van der Waals surface area contributed by atoms with Gasteiger partial charge in [0.15, 0.2) is 0 Å². The molecule has 0 aromatic heterocycles. The lowest BCUT2D eigenvalue weighted by Gasteiger charge is -2.47. The van der Waals surface area contributed by atoms with Crippen LogP contribution in [0.25, 0.3) is 0 Å². The zero-order valence-electron chi connectivity index (χ0n) is 13.5. The largest absolute Gasteiger partial charge is 0.340 e. The van der Waals surface area contributed by atoms with Crippen LogP contribution in [-0.4, -0.2) is 34.8 Å². The van der Waals surface area contributed by atoms with E-state index < -0.39 is 5.54 Å². The Morgan fingerprint density at radius 3 is 2.33 bits per heavy atom. The van der Waals surface area contributed by atoms with Gasteiger partial charge in [-0.2, -0.15) is 0 Å². The highest BCUT2D eigenvalue weighted by Gasteiger charge is 2.55. The van der Waals surface area contributed by atoms with Gasteiger partial charge >= 0.3 is 0 Å². The summed E-state index contributed by atoms with van der Waals surface area (Å²) in [6.45, 7) is 6.79. The van der Waals surface area contributed by atoms with E-state index in [2.05, 4.69) is 5.32 Å². The van der Waals surface area contributed by atoms with Gasteiger partial charge in [0, 0.05) is 6.54 Å². The van der Waals surface area contributed by atoms with Crippen molar-refractivity contribution in [3.05, 3.63) is 0 Å². The first-order valence-corrected chi connectivity index (χ1v) is 8.56. The molecular formula is C17H28N2O2. The van der Waals surface area contributed by atoms with Gasteiger partial charge in [0.25, 0.3) is 0 Å². The number of rotatable bonds is 4. The van der Waals surface area contributed by atoms with Crippen LogP contribution in [0.4, 0.5) is 0 Å². The topological polar surface area (TPSA) is 49.4 Å². The minimum Gasteiger partial charge on any atom is -0.340 e. The molecule has 2 saturated carbocycles. The van der Waals surface area contributed by atoms with Crippen molar-refractivity contribution in [1.29, 1.82) is 0 Å². The third-order valence-electron chi connectivity index (χ3n) is 5.65. The molecule has 4 nitrogen and oxygen atoms in total. The summed E-state index contributed by atoms with van der Waals surface area (Å²) in [6, 6.07) is -0.287. The Balaban J connectivity index is 1.85. The van der Waals surface area contributed by atoms with Gasteiger partial charge in [0.2, 0.25) is 11.8 Å². The number of nitrogens with zero attached hydrogens (tertiary/aromatic N) is 1. The maximum Gasteiger partial charge on any atom is 0.249 e. The molecule has 2 aliphatic carbocycles. The number of hydrogen-bond acceptors (Lipinski definition) is 2. The molecule has 0 aromatic rings. The second-order valence-corrected chi connectivity index (χ2v) is 7.76. The van der Waals surface area contributed by atoms with E-state index in [9.17, 15) is 9.59 Å². The minimum atomic E-state index is -0.652. The molecule has 1 aliphatic heterocycles. The number of amides is 2. The minimum absolute atomic E-state index is 0.0528. The average Bonchev–Trinajstić information content (AvgIpc) is 3.15. The summed E-state index contributed by atoms with van der Waals surface area (Å²) in [5, 5.41) is 3.06. The van der Waals surface area contributed by atoms with E-state index in [1.807, 2.05) is 25.7 Å². The standard InChI is InChI=1S/C17H28N2O2/c1-11(2)14-15(20)18-17(3,13-8-9-13)16(21)19(14)10-12-6-4-5-7-12/h11-14H,4-10H2,1-3H3,(H,18,20). The van der Waals surface area contributed by atoms with Crippen molar-refractivity contribution in [2.75, 3.05) is 6.54 Å². The molecule has 2 atom stereocenters. The molecule has 2 unspecified atom stereocenters. The van der Waals surface area contributed by atoms with Crippen molar-refractivity contribution >= 4 is 11.8 Å². The van der Waals surface area contributed by atoms with E-state index in [4.69, 9.17) is 0 Å². The van der Waals surface area contributed by atoms with Gasteiger partial charge in [-0.05, 0) is 50.4 Å². The molecule has 2 amide bonds. The Kier molecular flexibility index (Phi) is 3.74.